The minimum absolute atomic E-state index is 0.230. The molecule has 3 amide bonds. The number of ether oxygens (including phenoxy) is 1. The lowest BCUT2D eigenvalue weighted by Gasteiger charge is -2.31. The number of amides is 3. The second-order valence-electron chi connectivity index (χ2n) is 9.38. The Kier molecular flexibility index (Phi) is 9.58. The summed E-state index contributed by atoms with van der Waals surface area (Å²) < 4.78 is 5.14. The van der Waals surface area contributed by atoms with E-state index in [4.69, 9.17) is 4.74 Å². The van der Waals surface area contributed by atoms with Gasteiger partial charge in [0.2, 0.25) is 11.8 Å². The van der Waals surface area contributed by atoms with Crippen molar-refractivity contribution in [3.8, 4) is 0 Å². The third-order valence-electron chi connectivity index (χ3n) is 5.13. The van der Waals surface area contributed by atoms with E-state index in [0.29, 0.717) is 19.4 Å². The molecule has 2 atom stereocenters. The number of nitrogens with one attached hydrogen (secondary N) is 3. The molecular formula is C21H36N3O6-. The second-order valence-corrected chi connectivity index (χ2v) is 9.38. The van der Waals surface area contributed by atoms with Gasteiger partial charge in [-0.15, -0.1) is 0 Å². The molecule has 0 aliphatic heterocycles. The van der Waals surface area contributed by atoms with Crippen LogP contribution in [0.5, 0.6) is 0 Å². The maximum absolute atomic E-state index is 12.4. The van der Waals surface area contributed by atoms with Crippen LogP contribution in [0.15, 0.2) is 0 Å². The molecule has 1 aliphatic rings. The molecule has 0 unspecified atom stereocenters. The summed E-state index contributed by atoms with van der Waals surface area (Å²) in [5.41, 5.74) is -0.638. The Morgan fingerprint density at radius 3 is 2.03 bits per heavy atom. The first kappa shape index (κ1) is 25.7. The molecule has 172 valence electrons. The zero-order chi connectivity index (χ0) is 23.1. The molecule has 1 saturated carbocycles. The SMILES string of the molecule is CC(C)[C@H](NC(=O)C1CCC(CNC(=O)[C@@H](C)NC(=O)OC(C)(C)C)CC1)C(=O)[O-]. The molecule has 3 N–H and O–H groups in total. The van der Waals surface area contributed by atoms with Crippen molar-refractivity contribution in [3.63, 3.8) is 0 Å². The summed E-state index contributed by atoms with van der Waals surface area (Å²) in [4.78, 5) is 47.5. The van der Waals surface area contributed by atoms with E-state index in [1.807, 2.05) is 0 Å². The van der Waals surface area contributed by atoms with Crippen LogP contribution in [0.3, 0.4) is 0 Å². The minimum atomic E-state index is -1.27. The van der Waals surface area contributed by atoms with Gasteiger partial charge in [0, 0.05) is 12.5 Å². The molecule has 0 bridgehead atoms. The second kappa shape index (κ2) is 11.2. The standard InChI is InChI=1S/C21H37N3O6/c1-12(2)16(19(27)28)24-18(26)15-9-7-14(8-10-15)11-22-17(25)13(3)23-20(29)30-21(4,5)6/h12-16H,7-11H2,1-6H3,(H,22,25)(H,23,29)(H,24,26)(H,27,28)/p-1/t13-,14?,15?,16+/m1/s1. The summed E-state index contributed by atoms with van der Waals surface area (Å²) in [6.07, 6.45) is 2.13. The monoisotopic (exact) mass is 426 g/mol. The summed E-state index contributed by atoms with van der Waals surface area (Å²) in [7, 11) is 0. The molecule has 0 aromatic heterocycles. The van der Waals surface area contributed by atoms with Crippen LogP contribution in [0.1, 0.15) is 67.2 Å². The van der Waals surface area contributed by atoms with Gasteiger partial charge < -0.3 is 30.6 Å². The van der Waals surface area contributed by atoms with Crippen molar-refractivity contribution in [2.24, 2.45) is 17.8 Å². The Morgan fingerprint density at radius 1 is 1.00 bits per heavy atom. The Morgan fingerprint density at radius 2 is 1.57 bits per heavy atom. The van der Waals surface area contributed by atoms with E-state index < -0.39 is 29.7 Å². The molecule has 1 fully saturated rings. The highest BCUT2D eigenvalue weighted by molar-refractivity contribution is 5.85. The van der Waals surface area contributed by atoms with E-state index in [-0.39, 0.29) is 29.6 Å². The summed E-state index contributed by atoms with van der Waals surface area (Å²) in [5.74, 6) is -2.07. The van der Waals surface area contributed by atoms with Crippen LogP contribution in [0, 0.1) is 17.8 Å². The van der Waals surface area contributed by atoms with Crippen LogP contribution in [0.2, 0.25) is 0 Å². The summed E-state index contributed by atoms with van der Waals surface area (Å²) in [6, 6.07) is -1.71. The first-order valence-corrected chi connectivity index (χ1v) is 10.6. The van der Waals surface area contributed by atoms with Gasteiger partial charge in [-0.25, -0.2) is 4.79 Å². The Balaban J connectivity index is 2.37. The number of hydrogen-bond acceptors (Lipinski definition) is 6. The summed E-state index contributed by atoms with van der Waals surface area (Å²) >= 11 is 0. The van der Waals surface area contributed by atoms with Crippen molar-refractivity contribution in [2.75, 3.05) is 6.54 Å². The summed E-state index contributed by atoms with van der Waals surface area (Å²) in [5, 5.41) is 19.1. The van der Waals surface area contributed by atoms with Crippen LogP contribution in [-0.4, -0.2) is 48.1 Å². The zero-order valence-corrected chi connectivity index (χ0v) is 18.9. The van der Waals surface area contributed by atoms with E-state index in [2.05, 4.69) is 16.0 Å². The predicted octanol–water partition coefficient (Wildman–Crippen LogP) is 0.713. The highest BCUT2D eigenvalue weighted by Gasteiger charge is 2.29. The topological polar surface area (TPSA) is 137 Å². The van der Waals surface area contributed by atoms with Crippen LogP contribution in [0.25, 0.3) is 0 Å². The van der Waals surface area contributed by atoms with Crippen LogP contribution in [-0.2, 0) is 19.1 Å². The molecule has 0 aromatic rings. The number of carboxylic acids is 1. The maximum Gasteiger partial charge on any atom is 0.408 e. The lowest BCUT2D eigenvalue weighted by atomic mass is 9.81. The molecule has 9 heteroatoms. The molecule has 0 radical (unpaired) electrons. The van der Waals surface area contributed by atoms with Crippen molar-refractivity contribution in [1.29, 1.82) is 0 Å². The van der Waals surface area contributed by atoms with E-state index in [9.17, 15) is 24.3 Å². The van der Waals surface area contributed by atoms with Gasteiger partial charge in [0.05, 0.1) is 12.0 Å². The molecule has 0 spiro atoms. The molecule has 1 aliphatic carbocycles. The molecule has 1 rings (SSSR count). The molecule has 9 nitrogen and oxygen atoms in total. The third-order valence-corrected chi connectivity index (χ3v) is 5.13. The zero-order valence-electron chi connectivity index (χ0n) is 18.9. The van der Waals surface area contributed by atoms with Crippen molar-refractivity contribution in [1.82, 2.24) is 16.0 Å². The molecule has 30 heavy (non-hydrogen) atoms. The first-order chi connectivity index (χ1) is 13.8. The van der Waals surface area contributed by atoms with E-state index in [1.165, 1.54) is 0 Å². The number of rotatable bonds is 8. The fraction of sp³-hybridized carbons (Fsp3) is 0.810. The fourth-order valence-electron chi connectivity index (χ4n) is 3.35. The van der Waals surface area contributed by atoms with Crippen molar-refractivity contribution in [2.45, 2.75) is 84.9 Å². The lowest BCUT2D eigenvalue weighted by molar-refractivity contribution is -0.309. The van der Waals surface area contributed by atoms with Gasteiger partial charge in [-0.3, -0.25) is 9.59 Å². The van der Waals surface area contributed by atoms with Gasteiger partial charge in [0.1, 0.15) is 11.6 Å². The molecule has 0 heterocycles. The normalized spacial score (nSPS) is 21.3. The largest absolute Gasteiger partial charge is 0.548 e. The van der Waals surface area contributed by atoms with Gasteiger partial charge in [0.25, 0.3) is 0 Å². The maximum atomic E-state index is 12.4. The highest BCUT2D eigenvalue weighted by atomic mass is 16.6. The number of aliphatic carboxylic acids is 1. The van der Waals surface area contributed by atoms with E-state index in [1.54, 1.807) is 41.5 Å². The van der Waals surface area contributed by atoms with Crippen LogP contribution >= 0.6 is 0 Å². The number of alkyl carbamates (subject to hydrolysis) is 1. The van der Waals surface area contributed by atoms with Crippen LogP contribution < -0.4 is 21.1 Å². The highest BCUT2D eigenvalue weighted by Crippen LogP contribution is 2.28. The molecule has 0 aromatic carbocycles. The Bertz CT molecular complexity index is 621. The van der Waals surface area contributed by atoms with Gasteiger partial charge >= 0.3 is 6.09 Å². The Labute approximate surface area is 178 Å². The number of hydrogen-bond donors (Lipinski definition) is 3. The average Bonchev–Trinajstić information content (AvgIpc) is 2.62. The van der Waals surface area contributed by atoms with Crippen molar-refractivity contribution < 1.29 is 29.0 Å². The molecule has 0 saturated heterocycles. The van der Waals surface area contributed by atoms with Crippen molar-refractivity contribution in [3.05, 3.63) is 0 Å². The number of carbonyl (C=O) groups is 4. The Hall–Kier alpha value is -2.32. The van der Waals surface area contributed by atoms with Gasteiger partial charge in [-0.2, -0.15) is 0 Å². The predicted molar refractivity (Wildman–Crippen MR) is 109 cm³/mol. The van der Waals surface area contributed by atoms with Crippen molar-refractivity contribution >= 4 is 23.9 Å². The first-order valence-electron chi connectivity index (χ1n) is 10.6. The minimum Gasteiger partial charge on any atom is -0.548 e. The smallest absolute Gasteiger partial charge is 0.408 e. The van der Waals surface area contributed by atoms with E-state index in [0.717, 1.165) is 12.8 Å². The number of carboxylic acid groups (broad SMARTS) is 1. The summed E-state index contributed by atoms with van der Waals surface area (Å²) in [6.45, 7) is 10.7. The third kappa shape index (κ3) is 9.00. The average molecular weight is 427 g/mol. The molecular weight excluding hydrogens is 390 g/mol. The van der Waals surface area contributed by atoms with Gasteiger partial charge in [-0.1, -0.05) is 13.8 Å². The fourth-order valence-corrected chi connectivity index (χ4v) is 3.35. The van der Waals surface area contributed by atoms with E-state index >= 15 is 0 Å². The van der Waals surface area contributed by atoms with Gasteiger partial charge in [-0.05, 0) is 65.2 Å². The number of carbonyl (C=O) groups excluding carboxylic acids is 4. The quantitative estimate of drug-likeness (QED) is 0.523. The van der Waals surface area contributed by atoms with Gasteiger partial charge in [0.15, 0.2) is 0 Å². The lowest BCUT2D eigenvalue weighted by Crippen LogP contribution is -2.52. The van der Waals surface area contributed by atoms with Crippen LogP contribution in [0.4, 0.5) is 4.79 Å².